The molecular formula is C10H20BrClO2Si. The minimum Gasteiger partial charge on any atom is -0.413 e. The van der Waals surface area contributed by atoms with E-state index in [1.807, 2.05) is 6.92 Å². The van der Waals surface area contributed by atoms with E-state index in [9.17, 15) is 4.79 Å². The highest BCUT2D eigenvalue weighted by atomic mass is 79.9. The molecule has 0 radical (unpaired) electrons. The molecule has 0 aliphatic heterocycles. The van der Waals surface area contributed by atoms with Crippen LogP contribution in [0.5, 0.6) is 0 Å². The van der Waals surface area contributed by atoms with Gasteiger partial charge in [-0.25, -0.2) is 0 Å². The van der Waals surface area contributed by atoms with Crippen LogP contribution in [0, 0.1) is 0 Å². The summed E-state index contributed by atoms with van der Waals surface area (Å²) in [7, 11) is -1.82. The van der Waals surface area contributed by atoms with E-state index in [0.717, 1.165) is 0 Å². The van der Waals surface area contributed by atoms with Crippen LogP contribution in [0.25, 0.3) is 0 Å². The maximum atomic E-state index is 11.0. The first kappa shape index (κ1) is 15.6. The van der Waals surface area contributed by atoms with Gasteiger partial charge in [-0.3, -0.25) is 4.79 Å². The van der Waals surface area contributed by atoms with Gasteiger partial charge in [0.05, 0.1) is 6.10 Å². The molecule has 0 unspecified atom stereocenters. The van der Waals surface area contributed by atoms with Gasteiger partial charge in [0.2, 0.25) is 5.24 Å². The molecule has 0 amide bonds. The second kappa shape index (κ2) is 5.30. The summed E-state index contributed by atoms with van der Waals surface area (Å²) in [5.41, 5.74) is 0. The van der Waals surface area contributed by atoms with Crippen molar-refractivity contribution in [2.75, 3.05) is 0 Å². The average molecular weight is 316 g/mol. The van der Waals surface area contributed by atoms with Crippen LogP contribution in [0.2, 0.25) is 18.1 Å². The van der Waals surface area contributed by atoms with E-state index in [4.69, 9.17) is 16.0 Å². The van der Waals surface area contributed by atoms with E-state index in [1.165, 1.54) is 0 Å². The highest BCUT2D eigenvalue weighted by molar-refractivity contribution is 9.10. The predicted octanol–water partition coefficient (Wildman–Crippen LogP) is 3.93. The quantitative estimate of drug-likeness (QED) is 0.446. The fourth-order valence-corrected chi connectivity index (χ4v) is 2.79. The van der Waals surface area contributed by atoms with Crippen molar-refractivity contribution in [3.63, 3.8) is 0 Å². The standard InChI is InChI=1S/C10H20BrClO2Si/c1-7(8(11)9(12)13)14-15(5,6)10(2,3)4/h7-8H,1-6H3/t7-,8-/m1/s1. The monoisotopic (exact) mass is 314 g/mol. The molecule has 0 aliphatic carbocycles. The van der Waals surface area contributed by atoms with Crippen molar-refractivity contribution in [3.8, 4) is 0 Å². The second-order valence-electron chi connectivity index (χ2n) is 5.29. The van der Waals surface area contributed by atoms with E-state index in [0.29, 0.717) is 0 Å². The van der Waals surface area contributed by atoms with Gasteiger partial charge in [0.15, 0.2) is 8.32 Å². The molecule has 15 heavy (non-hydrogen) atoms. The van der Waals surface area contributed by atoms with Crippen LogP contribution < -0.4 is 0 Å². The number of halogens is 2. The van der Waals surface area contributed by atoms with E-state index in [-0.39, 0.29) is 11.1 Å². The van der Waals surface area contributed by atoms with Gasteiger partial charge in [0.1, 0.15) is 4.83 Å². The zero-order valence-corrected chi connectivity index (χ0v) is 13.6. The van der Waals surface area contributed by atoms with Crippen LogP contribution in [0.15, 0.2) is 0 Å². The molecule has 0 aliphatic rings. The first-order chi connectivity index (χ1) is 6.49. The summed E-state index contributed by atoms with van der Waals surface area (Å²) < 4.78 is 6.01. The fraction of sp³-hybridized carbons (Fsp3) is 0.900. The maximum Gasteiger partial charge on any atom is 0.237 e. The van der Waals surface area contributed by atoms with Gasteiger partial charge < -0.3 is 4.43 Å². The van der Waals surface area contributed by atoms with Crippen molar-refractivity contribution in [1.29, 1.82) is 0 Å². The third-order valence-electron chi connectivity index (χ3n) is 2.92. The van der Waals surface area contributed by atoms with Crippen molar-refractivity contribution in [2.45, 2.75) is 56.8 Å². The maximum absolute atomic E-state index is 11.0. The highest BCUT2D eigenvalue weighted by Crippen LogP contribution is 2.38. The Morgan fingerprint density at radius 2 is 1.80 bits per heavy atom. The van der Waals surface area contributed by atoms with Crippen molar-refractivity contribution >= 4 is 41.1 Å². The topological polar surface area (TPSA) is 26.3 Å². The Labute approximate surface area is 107 Å². The summed E-state index contributed by atoms with van der Waals surface area (Å²) in [6.07, 6.45) is -0.184. The third-order valence-corrected chi connectivity index (χ3v) is 9.15. The van der Waals surface area contributed by atoms with Crippen molar-refractivity contribution in [2.24, 2.45) is 0 Å². The lowest BCUT2D eigenvalue weighted by Gasteiger charge is -2.39. The molecule has 0 N–H and O–H groups in total. The summed E-state index contributed by atoms with van der Waals surface area (Å²) in [4.78, 5) is 10.6. The molecule has 0 bridgehead atoms. The number of carbonyl (C=O) groups excluding carboxylic acids is 1. The molecule has 2 atom stereocenters. The van der Waals surface area contributed by atoms with E-state index in [1.54, 1.807) is 0 Å². The summed E-state index contributed by atoms with van der Waals surface area (Å²) in [6, 6.07) is 0. The van der Waals surface area contributed by atoms with E-state index in [2.05, 4.69) is 49.8 Å². The zero-order valence-electron chi connectivity index (χ0n) is 10.2. The SMILES string of the molecule is C[C@@H](O[Si](C)(C)C(C)(C)C)[C@@H](Br)C(=O)Cl. The van der Waals surface area contributed by atoms with Crippen molar-refractivity contribution < 1.29 is 9.22 Å². The van der Waals surface area contributed by atoms with Crippen LogP contribution in [-0.4, -0.2) is 24.5 Å². The molecule has 0 aromatic heterocycles. The lowest BCUT2D eigenvalue weighted by molar-refractivity contribution is -0.112. The number of carbonyl (C=O) groups is 1. The molecule has 0 fully saturated rings. The first-order valence-corrected chi connectivity index (χ1v) is 9.20. The molecule has 0 aromatic rings. The second-order valence-corrected chi connectivity index (χ2v) is 11.4. The molecule has 0 aromatic carbocycles. The van der Waals surface area contributed by atoms with Crippen LogP contribution in [0.4, 0.5) is 0 Å². The van der Waals surface area contributed by atoms with Crippen LogP contribution >= 0.6 is 27.5 Å². The Morgan fingerprint density at radius 1 is 1.40 bits per heavy atom. The van der Waals surface area contributed by atoms with Gasteiger partial charge >= 0.3 is 0 Å². The fourth-order valence-electron chi connectivity index (χ4n) is 0.886. The Morgan fingerprint density at radius 3 is 2.07 bits per heavy atom. The largest absolute Gasteiger partial charge is 0.413 e. The summed E-state index contributed by atoms with van der Waals surface area (Å²) in [5, 5.41) is -0.259. The third kappa shape index (κ3) is 4.55. The Bertz CT molecular complexity index is 238. The van der Waals surface area contributed by atoms with Gasteiger partial charge in [-0.15, -0.1) is 0 Å². The highest BCUT2D eigenvalue weighted by Gasteiger charge is 2.40. The number of alkyl halides is 1. The van der Waals surface area contributed by atoms with Crippen LogP contribution in [0.1, 0.15) is 27.7 Å². The average Bonchev–Trinajstić information content (AvgIpc) is 1.99. The molecule has 0 heterocycles. The lowest BCUT2D eigenvalue weighted by Crippen LogP contribution is -2.46. The smallest absolute Gasteiger partial charge is 0.237 e. The van der Waals surface area contributed by atoms with Gasteiger partial charge in [0.25, 0.3) is 0 Å². The molecule has 0 saturated heterocycles. The van der Waals surface area contributed by atoms with Gasteiger partial charge in [-0.05, 0) is 36.7 Å². The summed E-state index contributed by atoms with van der Waals surface area (Å²) in [5.74, 6) is 0. The van der Waals surface area contributed by atoms with Crippen molar-refractivity contribution in [1.82, 2.24) is 0 Å². The Balaban J connectivity index is 4.54. The lowest BCUT2D eigenvalue weighted by atomic mass is 10.2. The minimum atomic E-state index is -1.82. The molecule has 2 nitrogen and oxygen atoms in total. The van der Waals surface area contributed by atoms with Gasteiger partial charge in [0, 0.05) is 0 Å². The molecule has 5 heteroatoms. The van der Waals surface area contributed by atoms with Crippen LogP contribution in [-0.2, 0) is 9.22 Å². The van der Waals surface area contributed by atoms with E-state index < -0.39 is 18.4 Å². The van der Waals surface area contributed by atoms with Crippen molar-refractivity contribution in [3.05, 3.63) is 0 Å². The zero-order chi connectivity index (χ0) is 12.4. The number of hydrogen-bond donors (Lipinski definition) is 0. The molecule has 0 spiro atoms. The molecule has 0 rings (SSSR count). The number of hydrogen-bond acceptors (Lipinski definition) is 2. The van der Waals surface area contributed by atoms with Gasteiger partial charge in [-0.1, -0.05) is 36.7 Å². The van der Waals surface area contributed by atoms with Crippen LogP contribution in [0.3, 0.4) is 0 Å². The Kier molecular flexibility index (Phi) is 5.52. The first-order valence-electron chi connectivity index (χ1n) is 5.00. The molecular weight excluding hydrogens is 296 g/mol. The van der Waals surface area contributed by atoms with E-state index >= 15 is 0 Å². The normalized spacial score (nSPS) is 17.3. The predicted molar refractivity (Wildman–Crippen MR) is 71.3 cm³/mol. The molecule has 90 valence electrons. The molecule has 0 saturated carbocycles. The number of rotatable bonds is 4. The minimum absolute atomic E-state index is 0.142. The van der Waals surface area contributed by atoms with Gasteiger partial charge in [-0.2, -0.15) is 0 Å². The summed E-state index contributed by atoms with van der Waals surface area (Å²) >= 11 is 8.66. The Hall–Kier alpha value is 0.617. The summed E-state index contributed by atoms with van der Waals surface area (Å²) in [6.45, 7) is 12.7.